The van der Waals surface area contributed by atoms with Gasteiger partial charge in [-0.25, -0.2) is 0 Å². The minimum absolute atomic E-state index is 0.0199. The maximum atomic E-state index is 13.8. The number of nitrogens with zero attached hydrogens (tertiary/aromatic N) is 1. The van der Waals surface area contributed by atoms with Crippen molar-refractivity contribution >= 4 is 35.2 Å². The number of para-hydroxylation sites is 1. The van der Waals surface area contributed by atoms with Crippen molar-refractivity contribution in [3.05, 3.63) is 29.3 Å². The zero-order valence-electron chi connectivity index (χ0n) is 19.1. The van der Waals surface area contributed by atoms with Gasteiger partial charge in [-0.1, -0.05) is 25.1 Å². The van der Waals surface area contributed by atoms with Gasteiger partial charge in [0, 0.05) is 24.1 Å². The van der Waals surface area contributed by atoms with Gasteiger partial charge >= 0.3 is 5.97 Å². The Kier molecular flexibility index (Phi) is 6.29. The Morgan fingerprint density at radius 1 is 1.31 bits per heavy atom. The number of hydrogen-bond donors (Lipinski definition) is 2. The van der Waals surface area contributed by atoms with Crippen molar-refractivity contribution in [3.63, 3.8) is 0 Å². The molecular formula is C24H32N2O5S. The summed E-state index contributed by atoms with van der Waals surface area (Å²) in [5, 5.41) is 12.5. The number of ether oxygens (including phenoxy) is 1. The van der Waals surface area contributed by atoms with Crippen molar-refractivity contribution < 1.29 is 24.2 Å². The second kappa shape index (κ2) is 8.71. The number of aryl methyl sites for hydroxylation is 2. The molecule has 32 heavy (non-hydrogen) atoms. The average molecular weight is 461 g/mol. The lowest BCUT2D eigenvalue weighted by Gasteiger charge is -2.38. The van der Waals surface area contributed by atoms with E-state index in [1.807, 2.05) is 32.0 Å². The minimum atomic E-state index is -0.699. The Labute approximate surface area is 193 Å². The average Bonchev–Trinajstić information content (AvgIpc) is 3.33. The van der Waals surface area contributed by atoms with E-state index in [2.05, 4.69) is 12.2 Å². The molecule has 3 fully saturated rings. The Morgan fingerprint density at radius 2 is 2.00 bits per heavy atom. The van der Waals surface area contributed by atoms with Crippen LogP contribution in [0.4, 0.5) is 5.69 Å². The normalized spacial score (nSPS) is 32.8. The summed E-state index contributed by atoms with van der Waals surface area (Å²) >= 11 is 1.63. The summed E-state index contributed by atoms with van der Waals surface area (Å²) in [6, 6.07) is 5.14. The summed E-state index contributed by atoms with van der Waals surface area (Å²) in [4.78, 5) is 42.0. The third-order valence-corrected chi connectivity index (χ3v) is 9.42. The lowest BCUT2D eigenvalue weighted by molar-refractivity contribution is -0.154. The van der Waals surface area contributed by atoms with Crippen molar-refractivity contribution in [2.75, 3.05) is 25.1 Å². The molecule has 0 aliphatic carbocycles. The molecule has 4 rings (SSSR count). The summed E-state index contributed by atoms with van der Waals surface area (Å²) in [6.07, 6.45) is 1.16. The Bertz CT molecular complexity index is 917. The monoisotopic (exact) mass is 460 g/mol. The van der Waals surface area contributed by atoms with Crippen LogP contribution < -0.4 is 5.32 Å². The summed E-state index contributed by atoms with van der Waals surface area (Å²) in [7, 11) is 0. The topological polar surface area (TPSA) is 95.9 Å². The molecule has 2 bridgehead atoms. The fourth-order valence-corrected chi connectivity index (χ4v) is 8.42. The molecule has 3 unspecified atom stereocenters. The number of nitrogens with one attached hydrogen (secondary N) is 1. The highest BCUT2D eigenvalue weighted by atomic mass is 32.2. The van der Waals surface area contributed by atoms with Crippen LogP contribution in [0.5, 0.6) is 0 Å². The fraction of sp³-hybridized carbons (Fsp3) is 0.625. The first-order chi connectivity index (χ1) is 15.3. The molecule has 3 saturated heterocycles. The zero-order valence-corrected chi connectivity index (χ0v) is 19.9. The first kappa shape index (κ1) is 23.1. The first-order valence-corrected chi connectivity index (χ1v) is 12.3. The third-order valence-electron chi connectivity index (χ3n) is 7.34. The van der Waals surface area contributed by atoms with Gasteiger partial charge in [-0.05, 0) is 50.7 Å². The zero-order chi connectivity index (χ0) is 23.2. The number of fused-ring (bicyclic) bond motifs is 1. The van der Waals surface area contributed by atoms with E-state index in [0.29, 0.717) is 6.42 Å². The van der Waals surface area contributed by atoms with Crippen LogP contribution >= 0.6 is 11.8 Å². The lowest BCUT2D eigenvalue weighted by atomic mass is 9.66. The minimum Gasteiger partial charge on any atom is -0.466 e. The number of aliphatic hydroxyl groups is 1. The van der Waals surface area contributed by atoms with Crippen LogP contribution in [-0.2, 0) is 19.1 Å². The second-order valence-corrected chi connectivity index (χ2v) is 10.7. The number of hydrogen-bond acceptors (Lipinski definition) is 6. The number of rotatable bonds is 7. The van der Waals surface area contributed by atoms with Crippen molar-refractivity contribution in [1.29, 1.82) is 0 Å². The molecule has 6 atom stereocenters. The Morgan fingerprint density at radius 3 is 2.62 bits per heavy atom. The van der Waals surface area contributed by atoms with E-state index in [1.165, 1.54) is 0 Å². The second-order valence-electron chi connectivity index (χ2n) is 9.17. The molecule has 3 aliphatic rings. The number of carbonyl (C=O) groups excluding carboxylic acids is 3. The lowest BCUT2D eigenvalue weighted by Crippen LogP contribution is -2.54. The molecule has 1 aromatic carbocycles. The van der Waals surface area contributed by atoms with Gasteiger partial charge in [0.15, 0.2) is 0 Å². The van der Waals surface area contributed by atoms with Gasteiger partial charge in [-0.2, -0.15) is 0 Å². The number of likely N-dealkylation sites (tertiary alicyclic amines) is 1. The molecule has 2 N–H and O–H groups in total. The largest absolute Gasteiger partial charge is 0.466 e. The van der Waals surface area contributed by atoms with Crippen LogP contribution in [0.2, 0.25) is 0 Å². The molecular weight excluding hydrogens is 428 g/mol. The van der Waals surface area contributed by atoms with E-state index in [0.717, 1.165) is 23.2 Å². The van der Waals surface area contributed by atoms with E-state index >= 15 is 0 Å². The summed E-state index contributed by atoms with van der Waals surface area (Å²) in [5.41, 5.74) is 2.68. The molecule has 3 aliphatic heterocycles. The van der Waals surface area contributed by atoms with Crippen LogP contribution in [0.25, 0.3) is 0 Å². The van der Waals surface area contributed by atoms with Crippen molar-refractivity contribution in [1.82, 2.24) is 4.90 Å². The molecule has 0 radical (unpaired) electrons. The van der Waals surface area contributed by atoms with Gasteiger partial charge < -0.3 is 20.1 Å². The van der Waals surface area contributed by atoms with Gasteiger partial charge in [0.25, 0.3) is 0 Å². The quantitative estimate of drug-likeness (QED) is 0.607. The molecule has 0 saturated carbocycles. The molecule has 1 aromatic rings. The maximum absolute atomic E-state index is 13.8. The van der Waals surface area contributed by atoms with Crippen LogP contribution in [0.1, 0.15) is 37.8 Å². The van der Waals surface area contributed by atoms with E-state index in [-0.39, 0.29) is 48.7 Å². The van der Waals surface area contributed by atoms with Gasteiger partial charge in [0.05, 0.1) is 23.2 Å². The van der Waals surface area contributed by atoms with Gasteiger partial charge in [-0.3, -0.25) is 14.4 Å². The maximum Gasteiger partial charge on any atom is 0.310 e. The Balaban J connectivity index is 1.74. The molecule has 2 amide bonds. The predicted molar refractivity (Wildman–Crippen MR) is 123 cm³/mol. The number of benzene rings is 1. The van der Waals surface area contributed by atoms with Crippen LogP contribution in [-0.4, -0.2) is 63.6 Å². The molecule has 8 heteroatoms. The van der Waals surface area contributed by atoms with Crippen molar-refractivity contribution in [2.45, 2.75) is 56.6 Å². The highest BCUT2D eigenvalue weighted by molar-refractivity contribution is 8.02. The molecule has 0 aromatic heterocycles. The van der Waals surface area contributed by atoms with E-state index < -0.39 is 22.6 Å². The van der Waals surface area contributed by atoms with Crippen molar-refractivity contribution in [3.8, 4) is 0 Å². The van der Waals surface area contributed by atoms with Crippen LogP contribution in [0.15, 0.2) is 18.2 Å². The molecule has 3 heterocycles. The summed E-state index contributed by atoms with van der Waals surface area (Å²) < 4.78 is 4.67. The Hall–Kier alpha value is -2.06. The summed E-state index contributed by atoms with van der Waals surface area (Å²) in [5.74, 6) is -1.73. The highest BCUT2D eigenvalue weighted by Crippen LogP contribution is 2.68. The number of amides is 2. The fourth-order valence-electron chi connectivity index (χ4n) is 6.01. The SMILES string of the molecule is CCOC(=O)[C@@H]1[C@H]2C(=O)N(CCCO)C(C(=O)Nc3c(C)cccc3C)C23S[C@@H]1CC3C. The molecule has 7 nitrogen and oxygen atoms in total. The molecule has 1 spiro atoms. The van der Waals surface area contributed by atoms with Crippen LogP contribution in [0, 0.1) is 31.6 Å². The van der Waals surface area contributed by atoms with Gasteiger partial charge in [0.2, 0.25) is 11.8 Å². The van der Waals surface area contributed by atoms with E-state index in [4.69, 9.17) is 4.74 Å². The van der Waals surface area contributed by atoms with Crippen molar-refractivity contribution in [2.24, 2.45) is 17.8 Å². The highest BCUT2D eigenvalue weighted by Gasteiger charge is 2.76. The number of esters is 1. The number of carbonyl (C=O) groups is 3. The standard InChI is InChI=1S/C24H32N2O5S/c1-5-31-23(30)17-16-12-15(4)24(32-16)18(17)22(29)26(10-7-11-27)20(24)21(28)25-19-13(2)8-6-9-14(19)3/h6,8-9,15-18,20,27H,5,7,10-12H2,1-4H3,(H,25,28)/t15?,16-,17+,18+,20?,24?/m1/s1. The summed E-state index contributed by atoms with van der Waals surface area (Å²) in [6.45, 7) is 8.22. The van der Waals surface area contributed by atoms with E-state index in [9.17, 15) is 19.5 Å². The molecule has 174 valence electrons. The third kappa shape index (κ3) is 3.34. The number of aliphatic hydroxyl groups excluding tert-OH is 1. The number of thioether (sulfide) groups is 1. The van der Waals surface area contributed by atoms with Gasteiger partial charge in [-0.15, -0.1) is 11.8 Å². The van der Waals surface area contributed by atoms with Crippen LogP contribution in [0.3, 0.4) is 0 Å². The van der Waals surface area contributed by atoms with E-state index in [1.54, 1.807) is 23.6 Å². The predicted octanol–water partition coefficient (Wildman–Crippen LogP) is 2.52. The number of anilines is 1. The smallest absolute Gasteiger partial charge is 0.310 e. The van der Waals surface area contributed by atoms with Gasteiger partial charge in [0.1, 0.15) is 6.04 Å². The first-order valence-electron chi connectivity index (χ1n) is 11.4.